The molecular formula is C50H93NO5. The van der Waals surface area contributed by atoms with E-state index in [2.05, 4.69) is 62.5 Å². The second-order valence-corrected chi connectivity index (χ2v) is 16.5. The molecule has 0 aliphatic heterocycles. The van der Waals surface area contributed by atoms with Crippen molar-refractivity contribution in [3.63, 3.8) is 0 Å². The molecule has 0 aromatic carbocycles. The van der Waals surface area contributed by atoms with Crippen molar-refractivity contribution in [1.82, 2.24) is 5.32 Å². The van der Waals surface area contributed by atoms with Crippen molar-refractivity contribution in [1.29, 1.82) is 0 Å². The van der Waals surface area contributed by atoms with E-state index in [9.17, 15) is 19.8 Å². The van der Waals surface area contributed by atoms with Crippen LogP contribution >= 0.6 is 0 Å². The zero-order valence-electron chi connectivity index (χ0n) is 37.3. The zero-order chi connectivity index (χ0) is 41.0. The van der Waals surface area contributed by atoms with Crippen molar-refractivity contribution in [2.75, 3.05) is 6.61 Å². The summed E-state index contributed by atoms with van der Waals surface area (Å²) < 4.78 is 5.88. The van der Waals surface area contributed by atoms with E-state index in [-0.39, 0.29) is 24.9 Å². The van der Waals surface area contributed by atoms with E-state index < -0.39 is 18.2 Å². The lowest BCUT2D eigenvalue weighted by Gasteiger charge is -2.24. The first-order chi connectivity index (χ1) is 27.5. The van der Waals surface area contributed by atoms with Gasteiger partial charge in [0.15, 0.2) is 0 Å². The number of hydrogen-bond donors (Lipinski definition) is 3. The summed E-state index contributed by atoms with van der Waals surface area (Å²) in [5.41, 5.74) is 0. The Morgan fingerprint density at radius 2 is 1.00 bits per heavy atom. The van der Waals surface area contributed by atoms with Gasteiger partial charge in [0.1, 0.15) is 6.10 Å². The highest BCUT2D eigenvalue weighted by Crippen LogP contribution is 2.17. The summed E-state index contributed by atoms with van der Waals surface area (Å²) in [5.74, 6) is -0.499. The minimum atomic E-state index is -0.789. The number of ether oxygens (including phenoxy) is 1. The lowest BCUT2D eigenvalue weighted by molar-refractivity contribution is -0.151. The predicted molar refractivity (Wildman–Crippen MR) is 241 cm³/mol. The Labute approximate surface area is 347 Å². The Hall–Kier alpha value is -1.92. The second-order valence-electron chi connectivity index (χ2n) is 16.5. The number of nitrogens with one attached hydrogen (secondary N) is 1. The molecule has 0 fully saturated rings. The Morgan fingerprint density at radius 1 is 0.536 bits per heavy atom. The van der Waals surface area contributed by atoms with Gasteiger partial charge in [0.25, 0.3) is 0 Å². The average Bonchev–Trinajstić information content (AvgIpc) is 3.19. The van der Waals surface area contributed by atoms with Crippen LogP contribution in [0.25, 0.3) is 0 Å². The third-order valence-corrected chi connectivity index (χ3v) is 10.9. The smallest absolute Gasteiger partial charge is 0.306 e. The van der Waals surface area contributed by atoms with Crippen molar-refractivity contribution in [2.45, 2.75) is 264 Å². The maximum Gasteiger partial charge on any atom is 0.306 e. The standard InChI is InChI=1S/C50H93NO5/c1-4-7-10-13-16-19-21-23-25-26-28-30-33-36-39-42-48(53)47(45-52)51-49(54)44-46(41-38-35-32-18-15-12-9-6-3)56-50(55)43-40-37-34-31-29-27-24-22-20-17-14-11-8-5-2/h8,11-12,15,17,20,46-48,52-53H,4-7,9-10,13-14,16,18-19,21-45H2,1-3H3,(H,51,54)/b11-8+,15-12-,20-17+. The number of allylic oxidation sites excluding steroid dienone is 6. The van der Waals surface area contributed by atoms with Gasteiger partial charge in [-0.05, 0) is 70.6 Å². The number of carbonyl (C=O) groups excluding carboxylic acids is 2. The average molecular weight is 788 g/mol. The fraction of sp³-hybridized carbons (Fsp3) is 0.840. The van der Waals surface area contributed by atoms with E-state index in [4.69, 9.17) is 4.74 Å². The van der Waals surface area contributed by atoms with Crippen molar-refractivity contribution in [3.8, 4) is 0 Å². The van der Waals surface area contributed by atoms with Gasteiger partial charge in [0, 0.05) is 6.42 Å². The summed E-state index contributed by atoms with van der Waals surface area (Å²) in [4.78, 5) is 26.0. The summed E-state index contributed by atoms with van der Waals surface area (Å²) in [5, 5.41) is 23.7. The van der Waals surface area contributed by atoms with E-state index in [0.29, 0.717) is 19.3 Å². The van der Waals surface area contributed by atoms with E-state index in [0.717, 1.165) is 96.3 Å². The van der Waals surface area contributed by atoms with Crippen LogP contribution < -0.4 is 5.32 Å². The maximum atomic E-state index is 13.1. The van der Waals surface area contributed by atoms with Crippen molar-refractivity contribution >= 4 is 11.9 Å². The summed E-state index contributed by atoms with van der Waals surface area (Å²) in [7, 11) is 0. The third-order valence-electron chi connectivity index (χ3n) is 10.9. The summed E-state index contributed by atoms with van der Waals surface area (Å²) in [6, 6.07) is -0.704. The number of rotatable bonds is 43. The Kier molecular flexibility index (Phi) is 42.7. The lowest BCUT2D eigenvalue weighted by Crippen LogP contribution is -2.46. The first kappa shape index (κ1) is 54.1. The van der Waals surface area contributed by atoms with Crippen LogP contribution in [0.3, 0.4) is 0 Å². The first-order valence-corrected chi connectivity index (χ1v) is 24.2. The molecule has 1 amide bonds. The Balaban J connectivity index is 4.43. The molecule has 0 bridgehead atoms. The zero-order valence-corrected chi connectivity index (χ0v) is 37.3. The molecule has 56 heavy (non-hydrogen) atoms. The number of aliphatic hydroxyl groups is 2. The van der Waals surface area contributed by atoms with Gasteiger partial charge in [0.05, 0.1) is 25.2 Å². The van der Waals surface area contributed by atoms with Crippen LogP contribution in [0.2, 0.25) is 0 Å². The molecule has 3 N–H and O–H groups in total. The molecule has 0 aromatic heterocycles. The highest BCUT2D eigenvalue weighted by atomic mass is 16.5. The van der Waals surface area contributed by atoms with Crippen LogP contribution in [0, 0.1) is 0 Å². The molecule has 0 spiro atoms. The van der Waals surface area contributed by atoms with Gasteiger partial charge >= 0.3 is 5.97 Å². The molecule has 328 valence electrons. The van der Waals surface area contributed by atoms with Gasteiger partial charge in [-0.3, -0.25) is 9.59 Å². The van der Waals surface area contributed by atoms with Crippen LogP contribution in [-0.4, -0.2) is 46.9 Å². The molecule has 6 nitrogen and oxygen atoms in total. The molecule has 3 atom stereocenters. The predicted octanol–water partition coefficient (Wildman–Crippen LogP) is 14.1. The van der Waals surface area contributed by atoms with Gasteiger partial charge < -0.3 is 20.3 Å². The monoisotopic (exact) mass is 788 g/mol. The molecule has 0 heterocycles. The van der Waals surface area contributed by atoms with Crippen molar-refractivity contribution in [3.05, 3.63) is 36.5 Å². The molecule has 0 saturated heterocycles. The number of hydrogen-bond acceptors (Lipinski definition) is 5. The topological polar surface area (TPSA) is 95.9 Å². The Bertz CT molecular complexity index is 930. The van der Waals surface area contributed by atoms with Gasteiger partial charge in [-0.2, -0.15) is 0 Å². The normalized spacial score (nSPS) is 13.6. The van der Waals surface area contributed by atoms with Gasteiger partial charge in [0.2, 0.25) is 5.91 Å². The van der Waals surface area contributed by atoms with Crippen LogP contribution in [0.1, 0.15) is 245 Å². The molecular weight excluding hydrogens is 695 g/mol. The molecule has 0 aromatic rings. The summed E-state index contributed by atoms with van der Waals surface area (Å²) in [6.45, 7) is 6.31. The fourth-order valence-corrected chi connectivity index (χ4v) is 7.29. The van der Waals surface area contributed by atoms with Crippen molar-refractivity contribution < 1.29 is 24.5 Å². The van der Waals surface area contributed by atoms with Crippen LogP contribution in [-0.2, 0) is 14.3 Å². The molecule has 0 rings (SSSR count). The van der Waals surface area contributed by atoms with Gasteiger partial charge in [-0.25, -0.2) is 0 Å². The molecule has 0 aliphatic carbocycles. The second kappa shape index (κ2) is 44.2. The molecule has 0 saturated carbocycles. The SMILES string of the molecule is CC/C=C/C/C=C/CCCCCCCCCC(=O)OC(CCCCC/C=C\CCC)CC(=O)NC(CO)C(O)CCCCCCCCCCCCCCCCC. The number of amides is 1. The maximum absolute atomic E-state index is 13.1. The van der Waals surface area contributed by atoms with Gasteiger partial charge in [-0.1, -0.05) is 198 Å². The van der Waals surface area contributed by atoms with E-state index >= 15 is 0 Å². The number of aliphatic hydroxyl groups excluding tert-OH is 2. The Morgan fingerprint density at radius 3 is 1.55 bits per heavy atom. The molecule has 6 heteroatoms. The van der Waals surface area contributed by atoms with Crippen LogP contribution in [0.4, 0.5) is 0 Å². The summed E-state index contributed by atoms with van der Waals surface area (Å²) in [6.07, 6.45) is 50.7. The highest BCUT2D eigenvalue weighted by Gasteiger charge is 2.24. The molecule has 0 radical (unpaired) electrons. The number of carbonyl (C=O) groups is 2. The van der Waals surface area contributed by atoms with Crippen molar-refractivity contribution in [2.24, 2.45) is 0 Å². The quantitative estimate of drug-likeness (QED) is 0.0325. The van der Waals surface area contributed by atoms with Crippen LogP contribution in [0.15, 0.2) is 36.5 Å². The summed E-state index contributed by atoms with van der Waals surface area (Å²) >= 11 is 0. The lowest BCUT2D eigenvalue weighted by atomic mass is 10.0. The highest BCUT2D eigenvalue weighted by molar-refractivity contribution is 5.77. The molecule has 3 unspecified atom stereocenters. The van der Waals surface area contributed by atoms with E-state index in [1.54, 1.807) is 0 Å². The minimum absolute atomic E-state index is 0.0644. The third kappa shape index (κ3) is 38.9. The minimum Gasteiger partial charge on any atom is -0.462 e. The van der Waals surface area contributed by atoms with E-state index in [1.807, 2.05) is 0 Å². The van der Waals surface area contributed by atoms with Gasteiger partial charge in [-0.15, -0.1) is 0 Å². The fourth-order valence-electron chi connectivity index (χ4n) is 7.29. The first-order valence-electron chi connectivity index (χ1n) is 24.2. The number of esters is 1. The van der Waals surface area contributed by atoms with Crippen LogP contribution in [0.5, 0.6) is 0 Å². The molecule has 0 aliphatic rings. The largest absolute Gasteiger partial charge is 0.462 e. The number of unbranched alkanes of at least 4 members (excludes halogenated alkanes) is 25. The van der Waals surface area contributed by atoms with E-state index in [1.165, 1.54) is 103 Å².